The minimum atomic E-state index is 0.721. The van der Waals surface area contributed by atoms with E-state index in [-0.39, 0.29) is 0 Å². The molecule has 0 unspecified atom stereocenters. The van der Waals surface area contributed by atoms with Crippen LogP contribution in [0.25, 0.3) is 28.0 Å². The lowest BCUT2D eigenvalue weighted by Gasteiger charge is -2.08. The monoisotopic (exact) mass is 428 g/mol. The average Bonchev–Trinajstić information content (AvgIpc) is 2.89. The van der Waals surface area contributed by atoms with Crippen molar-refractivity contribution in [3.8, 4) is 22.3 Å². The van der Waals surface area contributed by atoms with Gasteiger partial charge in [-0.25, -0.2) is 9.98 Å². The molecular weight excluding hydrogens is 400 g/mol. The quantitative estimate of drug-likeness (QED) is 0.218. The summed E-state index contributed by atoms with van der Waals surface area (Å²) in [5, 5.41) is 0. The van der Waals surface area contributed by atoms with Crippen LogP contribution in [-0.2, 0) is 0 Å². The van der Waals surface area contributed by atoms with Crippen LogP contribution in [0.5, 0.6) is 0 Å². The molecule has 0 aliphatic rings. The fourth-order valence-corrected chi connectivity index (χ4v) is 3.72. The maximum atomic E-state index is 4.85. The molecule has 0 aliphatic heterocycles. The summed E-state index contributed by atoms with van der Waals surface area (Å²) in [6.07, 6.45) is 0.729. The number of hydrogen-bond donors (Lipinski definition) is 0. The molecule has 4 aromatic carbocycles. The first-order valence-electron chi connectivity index (χ1n) is 11.3. The predicted octanol–water partition coefficient (Wildman–Crippen LogP) is 8.31. The number of benzene rings is 4. The Balaban J connectivity index is 1.59. The zero-order valence-electron chi connectivity index (χ0n) is 19.2. The summed E-state index contributed by atoms with van der Waals surface area (Å²) in [7, 11) is 0. The van der Waals surface area contributed by atoms with E-state index in [0.717, 1.165) is 40.4 Å². The summed E-state index contributed by atoms with van der Waals surface area (Å²) in [5.41, 5.74) is 8.47. The molecule has 0 saturated carbocycles. The molecule has 0 N–H and O–H groups in total. The van der Waals surface area contributed by atoms with Crippen molar-refractivity contribution in [2.45, 2.75) is 20.3 Å². The van der Waals surface area contributed by atoms with Crippen LogP contribution in [0.15, 0.2) is 126 Å². The molecule has 0 heterocycles. The van der Waals surface area contributed by atoms with Crippen molar-refractivity contribution in [2.75, 3.05) is 0 Å². The van der Waals surface area contributed by atoms with Crippen LogP contribution in [0.4, 0.5) is 0 Å². The first-order valence-corrected chi connectivity index (χ1v) is 11.3. The third-order valence-electron chi connectivity index (χ3n) is 5.57. The lowest BCUT2D eigenvalue weighted by Crippen LogP contribution is -2.01. The second-order valence-electron chi connectivity index (χ2n) is 7.92. The van der Waals surface area contributed by atoms with Gasteiger partial charge in [0.05, 0.1) is 5.70 Å². The Kier molecular flexibility index (Phi) is 7.06. The Morgan fingerprint density at radius 2 is 1.09 bits per heavy atom. The number of nitrogens with zero attached hydrogens (tertiary/aromatic N) is 2. The molecule has 0 aliphatic carbocycles. The summed E-state index contributed by atoms with van der Waals surface area (Å²) in [6.45, 7) is 8.33. The molecule has 0 bridgehead atoms. The first kappa shape index (κ1) is 22.2. The number of amidine groups is 1. The van der Waals surface area contributed by atoms with Gasteiger partial charge in [-0.05, 0) is 46.9 Å². The highest BCUT2D eigenvalue weighted by atomic mass is 14.9. The van der Waals surface area contributed by atoms with Crippen LogP contribution in [0.3, 0.4) is 0 Å². The van der Waals surface area contributed by atoms with Crippen molar-refractivity contribution in [3.05, 3.63) is 127 Å². The van der Waals surface area contributed by atoms with E-state index < -0.39 is 0 Å². The van der Waals surface area contributed by atoms with Crippen LogP contribution >= 0.6 is 0 Å². The fraction of sp³-hybridized carbons (Fsp3) is 0.0968. The van der Waals surface area contributed by atoms with E-state index in [1.54, 1.807) is 0 Å². The highest BCUT2D eigenvalue weighted by Gasteiger charge is 2.06. The van der Waals surface area contributed by atoms with Gasteiger partial charge in [-0.1, -0.05) is 111 Å². The van der Waals surface area contributed by atoms with E-state index in [2.05, 4.69) is 98.4 Å². The van der Waals surface area contributed by atoms with E-state index in [1.165, 1.54) is 16.7 Å². The van der Waals surface area contributed by atoms with E-state index in [0.29, 0.717) is 0 Å². The van der Waals surface area contributed by atoms with E-state index >= 15 is 0 Å². The molecule has 162 valence electrons. The van der Waals surface area contributed by atoms with Gasteiger partial charge in [0.15, 0.2) is 0 Å². The maximum Gasteiger partial charge on any atom is 0.128 e. The van der Waals surface area contributed by atoms with Gasteiger partial charge in [0, 0.05) is 17.7 Å². The molecule has 0 aromatic heterocycles. The molecule has 0 spiro atoms. The van der Waals surface area contributed by atoms with Crippen molar-refractivity contribution in [1.29, 1.82) is 0 Å². The fourth-order valence-electron chi connectivity index (χ4n) is 3.72. The summed E-state index contributed by atoms with van der Waals surface area (Å²) >= 11 is 0. The van der Waals surface area contributed by atoms with Gasteiger partial charge in [0.2, 0.25) is 0 Å². The second-order valence-corrected chi connectivity index (χ2v) is 7.92. The molecule has 33 heavy (non-hydrogen) atoms. The van der Waals surface area contributed by atoms with Crippen LogP contribution in [0.1, 0.15) is 31.4 Å². The van der Waals surface area contributed by atoms with E-state index in [9.17, 15) is 0 Å². The smallest absolute Gasteiger partial charge is 0.128 e. The van der Waals surface area contributed by atoms with E-state index in [4.69, 9.17) is 9.98 Å². The zero-order valence-corrected chi connectivity index (χ0v) is 19.2. The number of hydrogen-bond acceptors (Lipinski definition) is 1. The second kappa shape index (κ2) is 10.5. The van der Waals surface area contributed by atoms with Crippen molar-refractivity contribution in [1.82, 2.24) is 0 Å². The predicted molar refractivity (Wildman–Crippen MR) is 143 cm³/mol. The summed E-state index contributed by atoms with van der Waals surface area (Å²) in [6, 6.07) is 37.6. The SMILES string of the molecule is C=C(/N=C(CC)\N=C(/C)c1cccc(-c2ccccc2)c1)c1cccc(-c2ccccc2)c1. The highest BCUT2D eigenvalue weighted by Crippen LogP contribution is 2.24. The Morgan fingerprint density at radius 1 is 0.606 bits per heavy atom. The van der Waals surface area contributed by atoms with Crippen molar-refractivity contribution in [2.24, 2.45) is 9.98 Å². The Hall–Kier alpha value is -4.04. The minimum absolute atomic E-state index is 0.721. The number of rotatable bonds is 6. The molecule has 0 amide bonds. The van der Waals surface area contributed by atoms with Gasteiger partial charge < -0.3 is 0 Å². The van der Waals surface area contributed by atoms with Crippen LogP contribution in [0, 0.1) is 0 Å². The molecule has 0 atom stereocenters. The lowest BCUT2D eigenvalue weighted by atomic mass is 10.0. The summed E-state index contributed by atoms with van der Waals surface area (Å²) < 4.78 is 0. The van der Waals surface area contributed by atoms with Crippen molar-refractivity contribution < 1.29 is 0 Å². The third-order valence-corrected chi connectivity index (χ3v) is 5.57. The standard InChI is InChI=1S/C31H28N2/c1-4-31(32-23(2)27-17-11-19-29(21-27)25-13-7-5-8-14-25)33-24(3)28-18-12-20-30(22-28)26-15-9-6-10-16-26/h5-22H,2,4H2,1,3H3/b32-31-,33-24+. The molecule has 2 nitrogen and oxygen atoms in total. The first-order chi connectivity index (χ1) is 16.1. The van der Waals surface area contributed by atoms with Crippen molar-refractivity contribution in [3.63, 3.8) is 0 Å². The van der Waals surface area contributed by atoms with Crippen LogP contribution < -0.4 is 0 Å². The highest BCUT2D eigenvalue weighted by molar-refractivity contribution is 6.07. The largest absolute Gasteiger partial charge is 0.238 e. The van der Waals surface area contributed by atoms with Crippen LogP contribution in [-0.4, -0.2) is 11.5 Å². The molecule has 4 rings (SSSR count). The summed E-state index contributed by atoms with van der Waals surface area (Å²) in [5.74, 6) is 0.771. The minimum Gasteiger partial charge on any atom is -0.238 e. The van der Waals surface area contributed by atoms with Gasteiger partial charge in [0.25, 0.3) is 0 Å². The van der Waals surface area contributed by atoms with Gasteiger partial charge in [-0.2, -0.15) is 0 Å². The Morgan fingerprint density at radius 3 is 1.64 bits per heavy atom. The molecule has 0 fully saturated rings. The van der Waals surface area contributed by atoms with Gasteiger partial charge in [-0.3, -0.25) is 0 Å². The Labute approximate surface area is 196 Å². The maximum absolute atomic E-state index is 4.85. The van der Waals surface area contributed by atoms with Crippen LogP contribution in [0.2, 0.25) is 0 Å². The molecule has 0 radical (unpaired) electrons. The van der Waals surface area contributed by atoms with Gasteiger partial charge >= 0.3 is 0 Å². The topological polar surface area (TPSA) is 24.7 Å². The van der Waals surface area contributed by atoms with Crippen molar-refractivity contribution >= 4 is 17.2 Å². The lowest BCUT2D eigenvalue weighted by molar-refractivity contribution is 1.23. The molecule has 0 saturated heterocycles. The molecule has 2 heteroatoms. The number of aliphatic imine (C=N–C) groups is 2. The van der Waals surface area contributed by atoms with Gasteiger partial charge in [-0.15, -0.1) is 0 Å². The average molecular weight is 429 g/mol. The molecular formula is C31H28N2. The summed E-state index contributed by atoms with van der Waals surface area (Å²) in [4.78, 5) is 9.63. The normalized spacial score (nSPS) is 11.9. The molecule has 4 aromatic rings. The third kappa shape index (κ3) is 5.61. The Bertz CT molecular complexity index is 1300. The van der Waals surface area contributed by atoms with E-state index in [1.807, 2.05) is 31.2 Å². The zero-order chi connectivity index (χ0) is 23.0. The van der Waals surface area contributed by atoms with Gasteiger partial charge in [0.1, 0.15) is 5.84 Å².